The molecule has 2 aromatic carbocycles. The van der Waals surface area contributed by atoms with Crippen LogP contribution in [-0.4, -0.2) is 32.3 Å². The van der Waals surface area contributed by atoms with Crippen molar-refractivity contribution in [1.29, 1.82) is 0 Å². The molecule has 1 saturated heterocycles. The van der Waals surface area contributed by atoms with Crippen LogP contribution in [0.2, 0.25) is 0 Å². The first-order valence-electron chi connectivity index (χ1n) is 8.93. The zero-order chi connectivity index (χ0) is 17.6. The van der Waals surface area contributed by atoms with E-state index in [4.69, 9.17) is 14.2 Å². The Bertz CT molecular complexity index is 684. The summed E-state index contributed by atoms with van der Waals surface area (Å²) in [4.78, 5) is 2.54. The highest BCUT2D eigenvalue weighted by atomic mass is 16.5. The van der Waals surface area contributed by atoms with E-state index in [9.17, 15) is 0 Å². The summed E-state index contributed by atoms with van der Waals surface area (Å²) in [6.07, 6.45) is 2.42. The van der Waals surface area contributed by atoms with Gasteiger partial charge in [0.1, 0.15) is 5.75 Å². The highest BCUT2D eigenvalue weighted by molar-refractivity contribution is 5.43. The fourth-order valence-electron chi connectivity index (χ4n) is 3.54. The number of nitrogens with zero attached hydrogens (tertiary/aromatic N) is 1. The highest BCUT2D eigenvalue weighted by Crippen LogP contribution is 2.35. The molecule has 1 aliphatic heterocycles. The minimum atomic E-state index is 0.462. The third-order valence-corrected chi connectivity index (χ3v) is 4.78. The van der Waals surface area contributed by atoms with E-state index in [0.29, 0.717) is 12.6 Å². The van der Waals surface area contributed by atoms with Crippen molar-refractivity contribution in [2.24, 2.45) is 0 Å². The van der Waals surface area contributed by atoms with E-state index in [1.807, 2.05) is 25.1 Å². The molecule has 0 amide bonds. The van der Waals surface area contributed by atoms with Crippen LogP contribution in [0.15, 0.2) is 42.5 Å². The van der Waals surface area contributed by atoms with E-state index in [0.717, 1.165) is 30.3 Å². The van der Waals surface area contributed by atoms with Crippen LogP contribution in [0.5, 0.6) is 17.2 Å². The van der Waals surface area contributed by atoms with Crippen LogP contribution in [0.3, 0.4) is 0 Å². The first kappa shape index (κ1) is 17.6. The molecule has 0 saturated carbocycles. The van der Waals surface area contributed by atoms with Gasteiger partial charge in [0, 0.05) is 12.6 Å². The Morgan fingerprint density at radius 1 is 1.00 bits per heavy atom. The predicted octanol–water partition coefficient (Wildman–Crippen LogP) is 4.44. The third-order valence-electron chi connectivity index (χ3n) is 4.78. The summed E-state index contributed by atoms with van der Waals surface area (Å²) >= 11 is 0. The van der Waals surface area contributed by atoms with E-state index >= 15 is 0 Å². The van der Waals surface area contributed by atoms with Crippen molar-refractivity contribution in [3.05, 3.63) is 53.6 Å². The van der Waals surface area contributed by atoms with Gasteiger partial charge >= 0.3 is 0 Å². The lowest BCUT2D eigenvalue weighted by Crippen LogP contribution is -2.22. The molecule has 134 valence electrons. The molecule has 1 unspecified atom stereocenters. The van der Waals surface area contributed by atoms with Crippen LogP contribution in [0.1, 0.15) is 36.9 Å². The molecule has 4 nitrogen and oxygen atoms in total. The standard InChI is InChI=1S/C21H27NO3/c1-4-25-20-12-7-16(14-21(20)24-3)15-22-13-5-6-19(22)17-8-10-18(23-2)11-9-17/h7-12,14,19H,4-6,13,15H2,1-3H3. The van der Waals surface area contributed by atoms with Crippen molar-refractivity contribution in [3.8, 4) is 17.2 Å². The average Bonchev–Trinajstić information content (AvgIpc) is 3.11. The topological polar surface area (TPSA) is 30.9 Å². The van der Waals surface area contributed by atoms with Gasteiger partial charge in [0.2, 0.25) is 0 Å². The Morgan fingerprint density at radius 2 is 1.80 bits per heavy atom. The Hall–Kier alpha value is -2.20. The van der Waals surface area contributed by atoms with Crippen molar-refractivity contribution in [3.63, 3.8) is 0 Å². The lowest BCUT2D eigenvalue weighted by Gasteiger charge is -2.25. The van der Waals surface area contributed by atoms with Gasteiger partial charge in [-0.3, -0.25) is 4.90 Å². The van der Waals surface area contributed by atoms with E-state index in [1.54, 1.807) is 14.2 Å². The van der Waals surface area contributed by atoms with Gasteiger partial charge < -0.3 is 14.2 Å². The Labute approximate surface area is 150 Å². The average molecular weight is 341 g/mol. The molecule has 0 N–H and O–H groups in total. The summed E-state index contributed by atoms with van der Waals surface area (Å²) in [5.41, 5.74) is 2.61. The molecule has 0 bridgehead atoms. The SMILES string of the molecule is CCOc1ccc(CN2CCCC2c2ccc(OC)cc2)cc1OC. The first-order valence-corrected chi connectivity index (χ1v) is 8.93. The molecule has 0 aliphatic carbocycles. The Balaban J connectivity index is 1.74. The lowest BCUT2D eigenvalue weighted by molar-refractivity contribution is 0.247. The molecule has 1 fully saturated rings. The summed E-state index contributed by atoms with van der Waals surface area (Å²) in [6.45, 7) is 4.66. The zero-order valence-electron chi connectivity index (χ0n) is 15.3. The van der Waals surface area contributed by atoms with Gasteiger partial charge in [-0.2, -0.15) is 0 Å². The van der Waals surface area contributed by atoms with E-state index in [1.165, 1.54) is 24.0 Å². The van der Waals surface area contributed by atoms with Crippen molar-refractivity contribution < 1.29 is 14.2 Å². The van der Waals surface area contributed by atoms with Gasteiger partial charge in [0.15, 0.2) is 11.5 Å². The molecule has 0 radical (unpaired) electrons. The largest absolute Gasteiger partial charge is 0.497 e. The van der Waals surface area contributed by atoms with E-state index < -0.39 is 0 Å². The van der Waals surface area contributed by atoms with E-state index in [-0.39, 0.29) is 0 Å². The monoisotopic (exact) mass is 341 g/mol. The molecule has 2 aromatic rings. The first-order chi connectivity index (χ1) is 12.2. The predicted molar refractivity (Wildman–Crippen MR) is 99.5 cm³/mol. The maximum absolute atomic E-state index is 5.61. The van der Waals surface area contributed by atoms with Crippen LogP contribution in [-0.2, 0) is 6.54 Å². The number of ether oxygens (including phenoxy) is 3. The molecule has 25 heavy (non-hydrogen) atoms. The maximum atomic E-state index is 5.61. The lowest BCUT2D eigenvalue weighted by atomic mass is 10.0. The molecule has 1 atom stereocenters. The molecule has 4 heteroatoms. The van der Waals surface area contributed by atoms with Crippen LogP contribution >= 0.6 is 0 Å². The second kappa shape index (κ2) is 8.26. The maximum Gasteiger partial charge on any atom is 0.161 e. The number of benzene rings is 2. The number of rotatable bonds is 7. The summed E-state index contributed by atoms with van der Waals surface area (Å²) < 4.78 is 16.4. The molecule has 1 heterocycles. The van der Waals surface area contributed by atoms with Gasteiger partial charge in [-0.05, 0) is 61.7 Å². The molecular formula is C21H27NO3. The van der Waals surface area contributed by atoms with Crippen molar-refractivity contribution in [2.75, 3.05) is 27.4 Å². The smallest absolute Gasteiger partial charge is 0.161 e. The van der Waals surface area contributed by atoms with Crippen molar-refractivity contribution in [2.45, 2.75) is 32.4 Å². The summed E-state index contributed by atoms with van der Waals surface area (Å²) in [5.74, 6) is 2.52. The van der Waals surface area contributed by atoms with Crippen LogP contribution in [0.25, 0.3) is 0 Å². The normalized spacial score (nSPS) is 17.5. The quantitative estimate of drug-likeness (QED) is 0.745. The summed E-state index contributed by atoms with van der Waals surface area (Å²) in [5, 5.41) is 0. The van der Waals surface area contributed by atoms with Gasteiger partial charge in [-0.25, -0.2) is 0 Å². The van der Waals surface area contributed by atoms with Crippen LogP contribution in [0, 0.1) is 0 Å². The Kier molecular flexibility index (Phi) is 5.82. The van der Waals surface area contributed by atoms with Gasteiger partial charge in [0.05, 0.1) is 20.8 Å². The zero-order valence-corrected chi connectivity index (χ0v) is 15.3. The van der Waals surface area contributed by atoms with Gasteiger partial charge in [-0.1, -0.05) is 18.2 Å². The Morgan fingerprint density at radius 3 is 2.48 bits per heavy atom. The third kappa shape index (κ3) is 4.07. The number of hydrogen-bond acceptors (Lipinski definition) is 4. The molecule has 0 spiro atoms. The minimum absolute atomic E-state index is 0.462. The second-order valence-electron chi connectivity index (χ2n) is 6.32. The molecule has 1 aliphatic rings. The van der Waals surface area contributed by atoms with Crippen molar-refractivity contribution >= 4 is 0 Å². The summed E-state index contributed by atoms with van der Waals surface area (Å²) in [6, 6.07) is 15.2. The fraction of sp³-hybridized carbons (Fsp3) is 0.429. The molecule has 0 aromatic heterocycles. The second-order valence-corrected chi connectivity index (χ2v) is 6.32. The fourth-order valence-corrected chi connectivity index (χ4v) is 3.54. The summed E-state index contributed by atoms with van der Waals surface area (Å²) in [7, 11) is 3.40. The van der Waals surface area contributed by atoms with Gasteiger partial charge in [-0.15, -0.1) is 0 Å². The number of hydrogen-bond donors (Lipinski definition) is 0. The highest BCUT2D eigenvalue weighted by Gasteiger charge is 2.26. The number of methoxy groups -OCH3 is 2. The van der Waals surface area contributed by atoms with Crippen LogP contribution < -0.4 is 14.2 Å². The van der Waals surface area contributed by atoms with E-state index in [2.05, 4.69) is 29.2 Å². The number of likely N-dealkylation sites (tertiary alicyclic amines) is 1. The van der Waals surface area contributed by atoms with Crippen molar-refractivity contribution in [1.82, 2.24) is 4.90 Å². The minimum Gasteiger partial charge on any atom is -0.497 e. The van der Waals surface area contributed by atoms with Gasteiger partial charge in [0.25, 0.3) is 0 Å². The van der Waals surface area contributed by atoms with Crippen LogP contribution in [0.4, 0.5) is 0 Å². The molecule has 3 rings (SSSR count). The molecular weight excluding hydrogens is 314 g/mol.